The van der Waals surface area contributed by atoms with Gasteiger partial charge in [0.2, 0.25) is 5.91 Å². The van der Waals surface area contributed by atoms with Crippen molar-refractivity contribution < 1.29 is 9.59 Å². The third kappa shape index (κ3) is 2.47. The molecule has 0 spiro atoms. The lowest BCUT2D eigenvalue weighted by Gasteiger charge is -2.24. The molecule has 1 saturated heterocycles. The molecule has 0 saturated carbocycles. The number of carbonyl (C=O) groups excluding carboxylic acids is 2. The van der Waals surface area contributed by atoms with Crippen molar-refractivity contribution in [2.45, 2.75) is 19.9 Å². The van der Waals surface area contributed by atoms with Crippen LogP contribution in [-0.2, 0) is 9.59 Å². The first kappa shape index (κ1) is 11.7. The Balaban J connectivity index is 2.00. The van der Waals surface area contributed by atoms with Crippen LogP contribution in [0.2, 0.25) is 0 Å². The van der Waals surface area contributed by atoms with Gasteiger partial charge in [-0.3, -0.25) is 25.0 Å². The lowest BCUT2D eigenvalue weighted by molar-refractivity contribution is -0.124. The fourth-order valence-electron chi connectivity index (χ4n) is 1.78. The monoisotopic (exact) mass is 236 g/mol. The summed E-state index contributed by atoms with van der Waals surface area (Å²) in [6.45, 7) is 4.35. The van der Waals surface area contributed by atoms with Crippen LogP contribution in [0.25, 0.3) is 0 Å². The van der Waals surface area contributed by atoms with Gasteiger partial charge in [-0.05, 0) is 26.0 Å². The molecule has 0 aliphatic carbocycles. The summed E-state index contributed by atoms with van der Waals surface area (Å²) >= 11 is 0. The van der Waals surface area contributed by atoms with Gasteiger partial charge in [0.15, 0.2) is 0 Å². The van der Waals surface area contributed by atoms with E-state index in [0.29, 0.717) is 6.54 Å². The number of nitrogens with zero attached hydrogens (tertiary/aromatic N) is 1. The zero-order valence-electron chi connectivity index (χ0n) is 9.91. The first-order valence-corrected chi connectivity index (χ1v) is 5.54. The first-order valence-electron chi connectivity index (χ1n) is 5.54. The predicted octanol–water partition coefficient (Wildman–Crippen LogP) is -0.737. The van der Waals surface area contributed by atoms with E-state index in [4.69, 9.17) is 0 Å². The van der Waals surface area contributed by atoms with Crippen LogP contribution in [0.3, 0.4) is 0 Å². The van der Waals surface area contributed by atoms with E-state index in [1.807, 2.05) is 26.0 Å². The van der Waals surface area contributed by atoms with E-state index in [0.717, 1.165) is 11.4 Å². The van der Waals surface area contributed by atoms with Crippen molar-refractivity contribution in [3.63, 3.8) is 0 Å². The number of aromatic nitrogens is 1. The number of hydrogen-bond donors (Lipinski definition) is 3. The number of carbonyl (C=O) groups is 2. The number of rotatable bonds is 2. The van der Waals surface area contributed by atoms with Gasteiger partial charge in [0, 0.05) is 17.9 Å². The molecule has 1 atom stereocenters. The van der Waals surface area contributed by atoms with E-state index in [1.165, 1.54) is 0 Å². The molecule has 1 aromatic heterocycles. The minimum atomic E-state index is -0.381. The third-order valence-corrected chi connectivity index (χ3v) is 2.82. The van der Waals surface area contributed by atoms with Gasteiger partial charge in [0.1, 0.15) is 6.04 Å². The maximum absolute atomic E-state index is 11.9. The summed E-state index contributed by atoms with van der Waals surface area (Å²) in [5.41, 5.74) is 4.74. The summed E-state index contributed by atoms with van der Waals surface area (Å²) in [5, 5.41) is 5.53. The molecule has 3 N–H and O–H groups in total. The highest BCUT2D eigenvalue weighted by molar-refractivity contribution is 5.91. The average molecular weight is 236 g/mol. The SMILES string of the molecule is Cc1ccc(C)n1NC(=O)C1CNC(=O)CN1. The molecule has 6 heteroatoms. The molecule has 0 bridgehead atoms. The number of hydrogen-bond acceptors (Lipinski definition) is 3. The number of aryl methyl sites for hydroxylation is 2. The van der Waals surface area contributed by atoms with Crippen molar-refractivity contribution in [2.75, 3.05) is 18.5 Å². The highest BCUT2D eigenvalue weighted by Gasteiger charge is 2.24. The smallest absolute Gasteiger partial charge is 0.257 e. The van der Waals surface area contributed by atoms with Crippen LogP contribution in [0, 0.1) is 13.8 Å². The van der Waals surface area contributed by atoms with Crippen molar-refractivity contribution in [3.05, 3.63) is 23.5 Å². The number of amides is 2. The van der Waals surface area contributed by atoms with Crippen LogP contribution in [0.15, 0.2) is 12.1 Å². The van der Waals surface area contributed by atoms with E-state index < -0.39 is 0 Å². The quantitative estimate of drug-likeness (QED) is 0.633. The lowest BCUT2D eigenvalue weighted by Crippen LogP contribution is -2.57. The molecule has 6 nitrogen and oxygen atoms in total. The molecule has 2 rings (SSSR count). The highest BCUT2D eigenvalue weighted by Crippen LogP contribution is 2.04. The van der Waals surface area contributed by atoms with Crippen molar-refractivity contribution in [1.29, 1.82) is 0 Å². The Labute approximate surface area is 99.3 Å². The molecule has 0 aromatic carbocycles. The maximum Gasteiger partial charge on any atom is 0.257 e. The summed E-state index contributed by atoms with van der Waals surface area (Å²) in [4.78, 5) is 22.9. The van der Waals surface area contributed by atoms with Gasteiger partial charge in [0.05, 0.1) is 6.54 Å². The second-order valence-electron chi connectivity index (χ2n) is 4.17. The molecule has 2 amide bonds. The lowest BCUT2D eigenvalue weighted by atomic mass is 10.2. The van der Waals surface area contributed by atoms with Crippen molar-refractivity contribution >= 4 is 11.8 Å². The second-order valence-corrected chi connectivity index (χ2v) is 4.17. The molecule has 1 aliphatic rings. The molecule has 1 unspecified atom stereocenters. The zero-order chi connectivity index (χ0) is 12.4. The second kappa shape index (κ2) is 4.58. The van der Waals surface area contributed by atoms with Gasteiger partial charge in [-0.25, -0.2) is 0 Å². The molecule has 17 heavy (non-hydrogen) atoms. The highest BCUT2D eigenvalue weighted by atomic mass is 16.2. The summed E-state index contributed by atoms with van der Waals surface area (Å²) in [5.74, 6) is -0.227. The topological polar surface area (TPSA) is 75.2 Å². The fourth-order valence-corrected chi connectivity index (χ4v) is 1.78. The van der Waals surface area contributed by atoms with Crippen molar-refractivity contribution in [3.8, 4) is 0 Å². The minimum absolute atomic E-state index is 0.0811. The van der Waals surface area contributed by atoms with Crippen molar-refractivity contribution in [1.82, 2.24) is 15.3 Å². The number of nitrogens with one attached hydrogen (secondary N) is 3. The summed E-state index contributed by atoms with van der Waals surface area (Å²) in [6.07, 6.45) is 0. The standard InChI is InChI=1S/C11H16N4O2/c1-7-3-4-8(2)15(7)14-11(17)9-5-13-10(16)6-12-9/h3-4,9,12H,5-6H2,1-2H3,(H,13,16)(H,14,17). The van der Waals surface area contributed by atoms with E-state index in [9.17, 15) is 9.59 Å². The van der Waals surface area contributed by atoms with Gasteiger partial charge in [-0.2, -0.15) is 0 Å². The van der Waals surface area contributed by atoms with Gasteiger partial charge < -0.3 is 5.32 Å². The van der Waals surface area contributed by atoms with Crippen LogP contribution < -0.4 is 16.1 Å². The van der Waals surface area contributed by atoms with E-state index in [2.05, 4.69) is 16.1 Å². The van der Waals surface area contributed by atoms with Crippen LogP contribution >= 0.6 is 0 Å². The molecule has 1 aliphatic heterocycles. The molecule has 1 fully saturated rings. The Bertz CT molecular complexity index is 423. The molecule has 92 valence electrons. The Kier molecular flexibility index (Phi) is 3.14. The summed E-state index contributed by atoms with van der Waals surface area (Å²) in [6, 6.07) is 3.49. The van der Waals surface area contributed by atoms with Gasteiger partial charge >= 0.3 is 0 Å². The minimum Gasteiger partial charge on any atom is -0.353 e. The average Bonchev–Trinajstić information content (AvgIpc) is 2.61. The largest absolute Gasteiger partial charge is 0.353 e. The third-order valence-electron chi connectivity index (χ3n) is 2.82. The summed E-state index contributed by atoms with van der Waals surface area (Å²) < 4.78 is 1.74. The first-order chi connectivity index (χ1) is 8.08. The zero-order valence-corrected chi connectivity index (χ0v) is 9.91. The molecule has 1 aromatic rings. The van der Waals surface area contributed by atoms with E-state index in [-0.39, 0.29) is 24.4 Å². The van der Waals surface area contributed by atoms with Gasteiger partial charge in [0.25, 0.3) is 5.91 Å². The Hall–Kier alpha value is -1.82. The van der Waals surface area contributed by atoms with Crippen LogP contribution in [-0.4, -0.2) is 35.6 Å². The molecular weight excluding hydrogens is 220 g/mol. The van der Waals surface area contributed by atoms with Crippen LogP contribution in [0.1, 0.15) is 11.4 Å². The number of piperazine rings is 1. The van der Waals surface area contributed by atoms with Crippen molar-refractivity contribution in [2.24, 2.45) is 0 Å². The van der Waals surface area contributed by atoms with Crippen LogP contribution in [0.5, 0.6) is 0 Å². The fraction of sp³-hybridized carbons (Fsp3) is 0.455. The molecular formula is C11H16N4O2. The normalized spacial score (nSPS) is 19.9. The summed E-state index contributed by atoms with van der Waals surface area (Å²) in [7, 11) is 0. The van der Waals surface area contributed by atoms with Gasteiger partial charge in [-0.1, -0.05) is 0 Å². The van der Waals surface area contributed by atoms with Crippen LogP contribution in [0.4, 0.5) is 0 Å². The molecule has 2 heterocycles. The Morgan fingerprint density at radius 2 is 2.06 bits per heavy atom. The Morgan fingerprint density at radius 3 is 2.59 bits per heavy atom. The predicted molar refractivity (Wildman–Crippen MR) is 63.1 cm³/mol. The molecule has 0 radical (unpaired) electrons. The van der Waals surface area contributed by atoms with E-state index in [1.54, 1.807) is 4.68 Å². The maximum atomic E-state index is 11.9. The van der Waals surface area contributed by atoms with E-state index >= 15 is 0 Å². The Morgan fingerprint density at radius 1 is 1.41 bits per heavy atom. The van der Waals surface area contributed by atoms with Gasteiger partial charge in [-0.15, -0.1) is 0 Å².